The van der Waals surface area contributed by atoms with Crippen molar-refractivity contribution in [3.8, 4) is 5.75 Å². The highest BCUT2D eigenvalue weighted by molar-refractivity contribution is 5.90. The number of carbonyl (C=O) groups is 3. The van der Waals surface area contributed by atoms with Crippen LogP contribution in [0.25, 0.3) is 0 Å². The average molecular weight is 350 g/mol. The Labute approximate surface area is 147 Å². The van der Waals surface area contributed by atoms with Crippen LogP contribution in [0.3, 0.4) is 0 Å². The van der Waals surface area contributed by atoms with Gasteiger partial charge in [-0.3, -0.25) is 9.59 Å². The minimum atomic E-state index is -1.13. The number of carbonyl (C=O) groups excluding carboxylic acids is 2. The minimum absolute atomic E-state index is 0.138. The highest BCUT2D eigenvalue weighted by Gasteiger charge is 2.26. The number of amides is 2. The first-order valence-electron chi connectivity index (χ1n) is 8.16. The molecular formula is C18H26N2O5. The maximum Gasteiger partial charge on any atom is 0.326 e. The second kappa shape index (κ2) is 9.66. The highest BCUT2D eigenvalue weighted by Crippen LogP contribution is 2.13. The molecule has 0 heterocycles. The molecule has 7 heteroatoms. The molecule has 1 rings (SSSR count). The van der Waals surface area contributed by atoms with E-state index < -0.39 is 24.0 Å². The fourth-order valence-corrected chi connectivity index (χ4v) is 2.42. The molecule has 7 nitrogen and oxygen atoms in total. The molecular weight excluding hydrogens is 324 g/mol. The predicted molar refractivity (Wildman–Crippen MR) is 93.3 cm³/mol. The summed E-state index contributed by atoms with van der Waals surface area (Å²) in [5.74, 6) is -1.11. The third-order valence-corrected chi connectivity index (χ3v) is 3.61. The van der Waals surface area contributed by atoms with Gasteiger partial charge in [0.25, 0.3) is 0 Å². The van der Waals surface area contributed by atoms with E-state index in [4.69, 9.17) is 4.74 Å². The summed E-state index contributed by atoms with van der Waals surface area (Å²) < 4.78 is 5.07. The van der Waals surface area contributed by atoms with Crippen LogP contribution in [0.5, 0.6) is 5.75 Å². The number of methoxy groups -OCH3 is 1. The average Bonchev–Trinajstić information content (AvgIpc) is 2.53. The van der Waals surface area contributed by atoms with Gasteiger partial charge in [0.05, 0.1) is 7.11 Å². The van der Waals surface area contributed by atoms with Crippen LogP contribution in [-0.4, -0.2) is 42.1 Å². The van der Waals surface area contributed by atoms with Gasteiger partial charge >= 0.3 is 5.97 Å². The fourth-order valence-electron chi connectivity index (χ4n) is 2.42. The molecule has 0 saturated heterocycles. The smallest absolute Gasteiger partial charge is 0.326 e. The van der Waals surface area contributed by atoms with Gasteiger partial charge in [-0.1, -0.05) is 26.0 Å². The first-order valence-corrected chi connectivity index (χ1v) is 8.16. The lowest BCUT2D eigenvalue weighted by atomic mass is 10.0. The molecule has 2 amide bonds. The SMILES string of the molecule is COc1ccc(C[C@@H](NC(=O)[C@H](CC(C)C)NC(C)=O)C(=O)O)cc1. The van der Waals surface area contributed by atoms with E-state index in [2.05, 4.69) is 10.6 Å². The number of hydrogen-bond donors (Lipinski definition) is 3. The molecule has 3 N–H and O–H groups in total. The maximum absolute atomic E-state index is 12.4. The molecule has 0 aliphatic rings. The summed E-state index contributed by atoms with van der Waals surface area (Å²) in [6.07, 6.45) is 0.569. The number of carboxylic acid groups (broad SMARTS) is 1. The Morgan fingerprint density at radius 2 is 1.68 bits per heavy atom. The van der Waals surface area contributed by atoms with E-state index in [1.54, 1.807) is 31.4 Å². The lowest BCUT2D eigenvalue weighted by molar-refractivity contribution is -0.142. The molecule has 0 aliphatic heterocycles. The van der Waals surface area contributed by atoms with Gasteiger partial charge in [0.2, 0.25) is 11.8 Å². The van der Waals surface area contributed by atoms with Crippen molar-refractivity contribution in [1.29, 1.82) is 0 Å². The maximum atomic E-state index is 12.4. The van der Waals surface area contributed by atoms with Crippen molar-refractivity contribution in [2.45, 2.75) is 45.7 Å². The van der Waals surface area contributed by atoms with Crippen molar-refractivity contribution in [2.24, 2.45) is 5.92 Å². The van der Waals surface area contributed by atoms with Gasteiger partial charge < -0.3 is 20.5 Å². The van der Waals surface area contributed by atoms with Gasteiger partial charge in [-0.05, 0) is 30.0 Å². The van der Waals surface area contributed by atoms with E-state index in [9.17, 15) is 19.5 Å². The molecule has 0 bridgehead atoms. The van der Waals surface area contributed by atoms with Crippen molar-refractivity contribution < 1.29 is 24.2 Å². The molecule has 0 aromatic heterocycles. The van der Waals surface area contributed by atoms with Crippen molar-refractivity contribution >= 4 is 17.8 Å². The van der Waals surface area contributed by atoms with Crippen LogP contribution < -0.4 is 15.4 Å². The summed E-state index contributed by atoms with van der Waals surface area (Å²) in [6.45, 7) is 5.18. The number of benzene rings is 1. The number of nitrogens with one attached hydrogen (secondary N) is 2. The van der Waals surface area contributed by atoms with Crippen LogP contribution in [0.15, 0.2) is 24.3 Å². The number of rotatable bonds is 9. The Bertz CT molecular complexity index is 598. The van der Waals surface area contributed by atoms with Gasteiger partial charge in [0.15, 0.2) is 0 Å². The molecule has 1 aromatic carbocycles. The molecule has 0 fully saturated rings. The van der Waals surface area contributed by atoms with E-state index in [0.717, 1.165) is 5.56 Å². The molecule has 0 radical (unpaired) electrons. The van der Waals surface area contributed by atoms with Crippen LogP contribution in [-0.2, 0) is 20.8 Å². The zero-order valence-corrected chi connectivity index (χ0v) is 15.0. The lowest BCUT2D eigenvalue weighted by Crippen LogP contribution is -2.52. The lowest BCUT2D eigenvalue weighted by Gasteiger charge is -2.22. The number of ether oxygens (including phenoxy) is 1. The Morgan fingerprint density at radius 1 is 1.08 bits per heavy atom. The molecule has 0 aliphatic carbocycles. The summed E-state index contributed by atoms with van der Waals surface area (Å²) in [5, 5.41) is 14.5. The predicted octanol–water partition coefficient (Wildman–Crippen LogP) is 1.36. The van der Waals surface area contributed by atoms with Gasteiger partial charge in [-0.25, -0.2) is 4.79 Å². The summed E-state index contributed by atoms with van der Waals surface area (Å²) in [7, 11) is 1.55. The third-order valence-electron chi connectivity index (χ3n) is 3.61. The Balaban J connectivity index is 2.81. The van der Waals surface area contributed by atoms with Crippen molar-refractivity contribution in [3.63, 3.8) is 0 Å². The molecule has 138 valence electrons. The second-order valence-corrected chi connectivity index (χ2v) is 6.33. The van der Waals surface area contributed by atoms with E-state index in [0.29, 0.717) is 12.2 Å². The van der Waals surface area contributed by atoms with Crippen LogP contribution in [0.2, 0.25) is 0 Å². The van der Waals surface area contributed by atoms with Crippen LogP contribution >= 0.6 is 0 Å². The van der Waals surface area contributed by atoms with E-state index in [-0.39, 0.29) is 18.2 Å². The van der Waals surface area contributed by atoms with Gasteiger partial charge in [0.1, 0.15) is 17.8 Å². The zero-order chi connectivity index (χ0) is 19.0. The highest BCUT2D eigenvalue weighted by atomic mass is 16.5. The fraction of sp³-hybridized carbons (Fsp3) is 0.500. The first kappa shape index (κ1) is 20.5. The van der Waals surface area contributed by atoms with Gasteiger partial charge in [-0.2, -0.15) is 0 Å². The van der Waals surface area contributed by atoms with Crippen LogP contribution in [0, 0.1) is 5.92 Å². The second-order valence-electron chi connectivity index (χ2n) is 6.33. The topological polar surface area (TPSA) is 105 Å². The molecule has 0 spiro atoms. The van der Waals surface area contributed by atoms with Crippen LogP contribution in [0.1, 0.15) is 32.8 Å². The quantitative estimate of drug-likeness (QED) is 0.624. The number of carboxylic acids is 1. The van der Waals surface area contributed by atoms with Crippen molar-refractivity contribution in [2.75, 3.05) is 7.11 Å². The van der Waals surface area contributed by atoms with Gasteiger partial charge in [-0.15, -0.1) is 0 Å². The summed E-state index contributed by atoms with van der Waals surface area (Å²) in [5.41, 5.74) is 0.758. The molecule has 0 unspecified atom stereocenters. The Kier molecular flexibility index (Phi) is 7.91. The third kappa shape index (κ3) is 7.24. The molecule has 25 heavy (non-hydrogen) atoms. The Morgan fingerprint density at radius 3 is 2.12 bits per heavy atom. The van der Waals surface area contributed by atoms with E-state index >= 15 is 0 Å². The van der Waals surface area contributed by atoms with Crippen molar-refractivity contribution in [1.82, 2.24) is 10.6 Å². The molecule has 0 saturated carbocycles. The summed E-state index contributed by atoms with van der Waals surface area (Å²) >= 11 is 0. The van der Waals surface area contributed by atoms with Crippen LogP contribution in [0.4, 0.5) is 0 Å². The molecule has 1 aromatic rings. The first-order chi connectivity index (χ1) is 11.7. The van der Waals surface area contributed by atoms with Gasteiger partial charge in [0, 0.05) is 13.3 Å². The molecule has 2 atom stereocenters. The summed E-state index contributed by atoms with van der Waals surface area (Å²) in [6, 6.07) is 5.13. The minimum Gasteiger partial charge on any atom is -0.497 e. The monoisotopic (exact) mass is 350 g/mol. The van der Waals surface area contributed by atoms with E-state index in [1.165, 1.54) is 6.92 Å². The summed E-state index contributed by atoms with van der Waals surface area (Å²) in [4.78, 5) is 35.2. The number of hydrogen-bond acceptors (Lipinski definition) is 4. The standard InChI is InChI=1S/C18H26N2O5/c1-11(2)9-15(19-12(3)21)17(22)20-16(18(23)24)10-13-5-7-14(25-4)8-6-13/h5-8,11,15-16H,9-10H2,1-4H3,(H,19,21)(H,20,22)(H,23,24)/t15-,16+/m0/s1. The normalized spacial score (nSPS) is 13.0. The number of aliphatic carboxylic acids is 1. The van der Waals surface area contributed by atoms with E-state index in [1.807, 2.05) is 13.8 Å². The Hall–Kier alpha value is -2.57. The zero-order valence-electron chi connectivity index (χ0n) is 15.0. The van der Waals surface area contributed by atoms with Crippen molar-refractivity contribution in [3.05, 3.63) is 29.8 Å². The largest absolute Gasteiger partial charge is 0.497 e.